The van der Waals surface area contributed by atoms with E-state index in [-0.39, 0.29) is 11.6 Å². The molecule has 0 aromatic carbocycles. The molecule has 2 rings (SSSR count). The number of aromatic nitrogens is 2. The first-order valence-electron chi connectivity index (χ1n) is 4.71. The Hall–Kier alpha value is -1.85. The summed E-state index contributed by atoms with van der Waals surface area (Å²) in [6, 6.07) is 0. The van der Waals surface area contributed by atoms with Crippen molar-refractivity contribution in [2.45, 2.75) is 25.2 Å². The first-order valence-corrected chi connectivity index (χ1v) is 4.71. The molecule has 3 N–H and O–H groups in total. The molecular weight excluding hydrogens is 198 g/mol. The summed E-state index contributed by atoms with van der Waals surface area (Å²) in [6.45, 7) is 0. The molecule has 1 heterocycles. The number of imidazole rings is 1. The van der Waals surface area contributed by atoms with Crippen molar-refractivity contribution >= 4 is 12.0 Å². The lowest BCUT2D eigenvalue weighted by molar-refractivity contribution is 0.0987. The van der Waals surface area contributed by atoms with Crippen molar-refractivity contribution < 1.29 is 14.7 Å². The maximum Gasteiger partial charge on any atom is 0.417 e. The lowest BCUT2D eigenvalue weighted by atomic mass is 9.82. The quantitative estimate of drug-likeness (QED) is 0.751. The summed E-state index contributed by atoms with van der Waals surface area (Å²) in [4.78, 5) is 25.9. The van der Waals surface area contributed by atoms with Gasteiger partial charge in [-0.05, 0) is 12.8 Å². The molecule has 0 radical (unpaired) electrons. The molecule has 0 unspecified atom stereocenters. The van der Waals surface area contributed by atoms with Crippen LogP contribution in [0.2, 0.25) is 0 Å². The van der Waals surface area contributed by atoms with E-state index in [1.54, 1.807) is 0 Å². The number of rotatable bonds is 2. The van der Waals surface area contributed by atoms with Crippen molar-refractivity contribution in [1.82, 2.24) is 9.55 Å². The molecule has 15 heavy (non-hydrogen) atoms. The minimum absolute atomic E-state index is 0.00667. The van der Waals surface area contributed by atoms with Crippen molar-refractivity contribution in [2.24, 2.45) is 5.73 Å². The van der Waals surface area contributed by atoms with Gasteiger partial charge >= 0.3 is 6.09 Å². The molecule has 1 aromatic heterocycles. The number of carboxylic acid groups (broad SMARTS) is 1. The number of nitrogens with zero attached hydrogens (tertiary/aromatic N) is 2. The van der Waals surface area contributed by atoms with Crippen LogP contribution in [0, 0.1) is 0 Å². The third-order valence-corrected chi connectivity index (χ3v) is 2.73. The predicted molar refractivity (Wildman–Crippen MR) is 50.8 cm³/mol. The second-order valence-corrected chi connectivity index (χ2v) is 3.62. The molecule has 1 aliphatic carbocycles. The van der Waals surface area contributed by atoms with E-state index in [0.717, 1.165) is 30.2 Å². The summed E-state index contributed by atoms with van der Waals surface area (Å²) >= 11 is 0. The maximum absolute atomic E-state index is 11.2. The number of hydrogen-bond acceptors (Lipinski definition) is 3. The number of hydrogen-bond donors (Lipinski definition) is 2. The van der Waals surface area contributed by atoms with Gasteiger partial charge in [0.2, 0.25) is 0 Å². The van der Waals surface area contributed by atoms with E-state index in [0.29, 0.717) is 5.69 Å². The van der Waals surface area contributed by atoms with E-state index in [4.69, 9.17) is 10.8 Å². The van der Waals surface area contributed by atoms with E-state index in [1.807, 2.05) is 0 Å². The number of carbonyl (C=O) groups is 2. The van der Waals surface area contributed by atoms with Gasteiger partial charge in [-0.25, -0.2) is 14.3 Å². The highest BCUT2D eigenvalue weighted by molar-refractivity contribution is 5.95. The Labute approximate surface area is 85.7 Å². The Balaban J connectivity index is 2.46. The molecule has 1 aromatic rings. The molecule has 0 aliphatic heterocycles. The van der Waals surface area contributed by atoms with Crippen LogP contribution in [0.25, 0.3) is 0 Å². The van der Waals surface area contributed by atoms with Crippen LogP contribution in [0.4, 0.5) is 4.79 Å². The highest BCUT2D eigenvalue weighted by atomic mass is 16.4. The molecule has 1 saturated carbocycles. The fourth-order valence-electron chi connectivity index (χ4n) is 1.73. The number of amides is 1. The number of nitrogens with two attached hydrogens (primary N) is 1. The van der Waals surface area contributed by atoms with Crippen molar-refractivity contribution in [3.63, 3.8) is 0 Å². The summed E-state index contributed by atoms with van der Waals surface area (Å²) in [7, 11) is 0. The van der Waals surface area contributed by atoms with Crippen LogP contribution in [0.3, 0.4) is 0 Å². The molecule has 6 nitrogen and oxygen atoms in total. The lowest BCUT2D eigenvalue weighted by Crippen LogP contribution is -2.24. The second-order valence-electron chi connectivity index (χ2n) is 3.62. The average molecular weight is 209 g/mol. The van der Waals surface area contributed by atoms with E-state index in [2.05, 4.69) is 4.98 Å². The maximum atomic E-state index is 11.2. The molecule has 1 fully saturated rings. The molecule has 0 bridgehead atoms. The Kier molecular flexibility index (Phi) is 2.18. The van der Waals surface area contributed by atoms with Crippen molar-refractivity contribution in [1.29, 1.82) is 0 Å². The molecule has 1 aliphatic rings. The monoisotopic (exact) mass is 209 g/mol. The van der Waals surface area contributed by atoms with Crippen LogP contribution in [0.15, 0.2) is 6.33 Å². The molecular formula is C9H11N3O3. The Bertz CT molecular complexity index is 420. The number of primary amides is 1. The summed E-state index contributed by atoms with van der Waals surface area (Å²) < 4.78 is 0.788. The van der Waals surface area contributed by atoms with Gasteiger partial charge in [-0.15, -0.1) is 0 Å². The summed E-state index contributed by atoms with van der Waals surface area (Å²) in [5.41, 5.74) is 5.68. The minimum Gasteiger partial charge on any atom is -0.464 e. The third-order valence-electron chi connectivity index (χ3n) is 2.73. The standard InChI is InChI=1S/C9H11N3O3/c10-8(13)7-6(5-2-1-3-5)11-4-12(7)9(14)15/h4-5H,1-3H2,(H2,10,13)(H,14,15). The SMILES string of the molecule is NC(=O)c1c(C2CCC2)ncn1C(=O)O. The van der Waals surface area contributed by atoms with Gasteiger partial charge in [0, 0.05) is 5.92 Å². The molecule has 0 spiro atoms. The van der Waals surface area contributed by atoms with Gasteiger partial charge in [0.15, 0.2) is 0 Å². The fourth-order valence-corrected chi connectivity index (χ4v) is 1.73. The fraction of sp³-hybridized carbons (Fsp3) is 0.444. The van der Waals surface area contributed by atoms with E-state index < -0.39 is 12.0 Å². The van der Waals surface area contributed by atoms with Crippen LogP contribution in [-0.4, -0.2) is 26.7 Å². The van der Waals surface area contributed by atoms with Gasteiger partial charge < -0.3 is 10.8 Å². The van der Waals surface area contributed by atoms with Crippen LogP contribution in [-0.2, 0) is 0 Å². The normalized spacial score (nSPS) is 16.0. The zero-order chi connectivity index (χ0) is 11.0. The van der Waals surface area contributed by atoms with E-state index in [9.17, 15) is 9.59 Å². The molecule has 0 saturated heterocycles. The van der Waals surface area contributed by atoms with E-state index in [1.165, 1.54) is 0 Å². The number of carbonyl (C=O) groups excluding carboxylic acids is 1. The molecule has 0 atom stereocenters. The third kappa shape index (κ3) is 1.47. The highest BCUT2D eigenvalue weighted by Crippen LogP contribution is 2.36. The molecule has 6 heteroatoms. The minimum atomic E-state index is -1.23. The first kappa shape index (κ1) is 9.70. The summed E-state index contributed by atoms with van der Waals surface area (Å²) in [5, 5.41) is 8.82. The van der Waals surface area contributed by atoms with Gasteiger partial charge in [0.25, 0.3) is 5.91 Å². The Morgan fingerprint density at radius 3 is 2.60 bits per heavy atom. The van der Waals surface area contributed by atoms with Gasteiger partial charge in [-0.2, -0.15) is 0 Å². The van der Waals surface area contributed by atoms with Crippen molar-refractivity contribution in [3.8, 4) is 0 Å². The zero-order valence-electron chi connectivity index (χ0n) is 8.01. The van der Waals surface area contributed by atoms with Gasteiger partial charge in [0.05, 0.1) is 5.69 Å². The van der Waals surface area contributed by atoms with Crippen LogP contribution >= 0.6 is 0 Å². The molecule has 80 valence electrons. The Morgan fingerprint density at radius 1 is 1.53 bits per heavy atom. The van der Waals surface area contributed by atoms with Gasteiger partial charge in [0.1, 0.15) is 12.0 Å². The second kappa shape index (κ2) is 3.38. The summed E-state index contributed by atoms with van der Waals surface area (Å²) in [5.74, 6) is -0.551. The predicted octanol–water partition coefficient (Wildman–Crippen LogP) is 0.776. The van der Waals surface area contributed by atoms with Crippen LogP contribution in [0.5, 0.6) is 0 Å². The Morgan fingerprint density at radius 2 is 2.20 bits per heavy atom. The van der Waals surface area contributed by atoms with Crippen LogP contribution < -0.4 is 5.73 Å². The summed E-state index contributed by atoms with van der Waals surface area (Å²) in [6.07, 6.45) is 2.87. The van der Waals surface area contributed by atoms with Gasteiger partial charge in [-0.1, -0.05) is 6.42 Å². The topological polar surface area (TPSA) is 98.2 Å². The van der Waals surface area contributed by atoms with E-state index >= 15 is 0 Å². The highest BCUT2D eigenvalue weighted by Gasteiger charge is 2.29. The first-order chi connectivity index (χ1) is 7.11. The van der Waals surface area contributed by atoms with Crippen molar-refractivity contribution in [2.75, 3.05) is 0 Å². The smallest absolute Gasteiger partial charge is 0.417 e. The average Bonchev–Trinajstić information content (AvgIpc) is 2.45. The van der Waals surface area contributed by atoms with Gasteiger partial charge in [-0.3, -0.25) is 4.79 Å². The molecule has 1 amide bonds. The van der Waals surface area contributed by atoms with Crippen molar-refractivity contribution in [3.05, 3.63) is 17.7 Å². The lowest BCUT2D eigenvalue weighted by Gasteiger charge is -2.24. The largest absolute Gasteiger partial charge is 0.464 e. The van der Waals surface area contributed by atoms with Crippen LogP contribution in [0.1, 0.15) is 41.4 Å². The zero-order valence-corrected chi connectivity index (χ0v) is 8.01.